The Labute approximate surface area is 187 Å². The average Bonchev–Trinajstić information content (AvgIpc) is 3.38. The molecular weight excluding hydrogens is 412 g/mol. The van der Waals surface area contributed by atoms with E-state index in [-0.39, 0.29) is 29.7 Å². The molecular formula is C25H29F2N3O2. The fourth-order valence-electron chi connectivity index (χ4n) is 5.40. The minimum atomic E-state index is -0.236. The number of ether oxygens (including phenoxy) is 1. The van der Waals surface area contributed by atoms with Crippen LogP contribution >= 0.6 is 0 Å². The van der Waals surface area contributed by atoms with E-state index in [0.29, 0.717) is 13.2 Å². The van der Waals surface area contributed by atoms with Crippen molar-refractivity contribution in [3.8, 4) is 0 Å². The summed E-state index contributed by atoms with van der Waals surface area (Å²) in [4.78, 5) is 18.2. The van der Waals surface area contributed by atoms with Crippen molar-refractivity contribution in [2.24, 2.45) is 0 Å². The molecule has 3 aliphatic rings. The Hall–Kier alpha value is -2.51. The number of hydrogen-bond acceptors (Lipinski definition) is 4. The molecule has 2 aromatic carbocycles. The second-order valence-electron chi connectivity index (χ2n) is 8.96. The van der Waals surface area contributed by atoms with Gasteiger partial charge in [-0.3, -0.25) is 4.90 Å². The van der Waals surface area contributed by atoms with Gasteiger partial charge in [-0.15, -0.1) is 0 Å². The number of carbonyl (C=O) groups excluding carboxylic acids is 1. The fourth-order valence-corrected chi connectivity index (χ4v) is 5.40. The molecule has 32 heavy (non-hydrogen) atoms. The van der Waals surface area contributed by atoms with Crippen molar-refractivity contribution in [2.45, 2.75) is 24.8 Å². The number of cyclic esters (lactones) is 1. The van der Waals surface area contributed by atoms with Gasteiger partial charge in [0.05, 0.1) is 6.54 Å². The van der Waals surface area contributed by atoms with Crippen LogP contribution < -0.4 is 0 Å². The third-order valence-corrected chi connectivity index (χ3v) is 7.11. The number of hydrogen-bond donors (Lipinski definition) is 0. The van der Waals surface area contributed by atoms with Crippen molar-refractivity contribution in [1.82, 2.24) is 14.7 Å². The topological polar surface area (TPSA) is 36.0 Å². The summed E-state index contributed by atoms with van der Waals surface area (Å²) in [6.45, 7) is 6.70. The molecule has 1 aliphatic carbocycles. The van der Waals surface area contributed by atoms with E-state index in [2.05, 4.69) is 9.80 Å². The molecule has 1 amide bonds. The van der Waals surface area contributed by atoms with Crippen LogP contribution in [-0.4, -0.2) is 73.2 Å². The second kappa shape index (κ2) is 9.16. The Morgan fingerprint density at radius 3 is 2.34 bits per heavy atom. The zero-order chi connectivity index (χ0) is 22.1. The average molecular weight is 442 g/mol. The molecule has 2 saturated heterocycles. The Morgan fingerprint density at radius 1 is 0.875 bits per heavy atom. The highest BCUT2D eigenvalue weighted by molar-refractivity contribution is 5.69. The highest BCUT2D eigenvalue weighted by atomic mass is 19.1. The lowest BCUT2D eigenvalue weighted by atomic mass is 9.93. The van der Waals surface area contributed by atoms with Gasteiger partial charge in [-0.25, -0.2) is 13.6 Å². The molecule has 5 nitrogen and oxygen atoms in total. The molecule has 7 heteroatoms. The molecule has 170 valence electrons. The van der Waals surface area contributed by atoms with Gasteiger partial charge in [-0.1, -0.05) is 18.2 Å². The maximum atomic E-state index is 14.1. The quantitative estimate of drug-likeness (QED) is 0.679. The molecule has 2 unspecified atom stereocenters. The predicted molar refractivity (Wildman–Crippen MR) is 118 cm³/mol. The van der Waals surface area contributed by atoms with Gasteiger partial charge in [0.2, 0.25) is 0 Å². The predicted octanol–water partition coefficient (Wildman–Crippen LogP) is 4.00. The molecule has 2 aromatic rings. The summed E-state index contributed by atoms with van der Waals surface area (Å²) in [7, 11) is 0. The third kappa shape index (κ3) is 4.36. The number of amides is 1. The van der Waals surface area contributed by atoms with Gasteiger partial charge in [-0.2, -0.15) is 0 Å². The van der Waals surface area contributed by atoms with Crippen LogP contribution in [0.5, 0.6) is 0 Å². The molecule has 0 bridgehead atoms. The van der Waals surface area contributed by atoms with Crippen LogP contribution in [0.2, 0.25) is 0 Å². The lowest BCUT2D eigenvalue weighted by Crippen LogP contribution is -2.47. The summed E-state index contributed by atoms with van der Waals surface area (Å²) < 4.78 is 32.5. The Kier molecular flexibility index (Phi) is 6.11. The maximum Gasteiger partial charge on any atom is 0.409 e. The third-order valence-electron chi connectivity index (χ3n) is 7.11. The highest BCUT2D eigenvalue weighted by Crippen LogP contribution is 2.47. The fraction of sp³-hybridized carbons (Fsp3) is 0.480. The number of benzene rings is 2. The van der Waals surface area contributed by atoms with E-state index in [4.69, 9.17) is 4.74 Å². The first-order valence-corrected chi connectivity index (χ1v) is 11.5. The Morgan fingerprint density at radius 2 is 1.62 bits per heavy atom. The van der Waals surface area contributed by atoms with Crippen molar-refractivity contribution in [1.29, 1.82) is 0 Å². The molecule has 2 heterocycles. The smallest absolute Gasteiger partial charge is 0.409 e. The van der Waals surface area contributed by atoms with E-state index < -0.39 is 0 Å². The van der Waals surface area contributed by atoms with Crippen LogP contribution in [0, 0.1) is 11.6 Å². The molecule has 0 spiro atoms. The van der Waals surface area contributed by atoms with Gasteiger partial charge in [0.1, 0.15) is 18.2 Å². The summed E-state index contributed by atoms with van der Waals surface area (Å²) in [6.07, 6.45) is 1.64. The summed E-state index contributed by atoms with van der Waals surface area (Å²) >= 11 is 0. The summed E-state index contributed by atoms with van der Waals surface area (Å²) in [5, 5.41) is 0. The molecule has 2 aliphatic heterocycles. The van der Waals surface area contributed by atoms with Gasteiger partial charge >= 0.3 is 6.09 Å². The highest BCUT2D eigenvalue weighted by Gasteiger charge is 2.36. The van der Waals surface area contributed by atoms with E-state index in [0.717, 1.165) is 68.8 Å². The molecule has 2 atom stereocenters. The number of piperazine rings is 1. The first-order valence-electron chi connectivity index (χ1n) is 11.5. The Balaban J connectivity index is 1.21. The first kappa shape index (κ1) is 21.3. The molecule has 0 radical (unpaired) electrons. The van der Waals surface area contributed by atoms with E-state index in [1.807, 2.05) is 18.2 Å². The van der Waals surface area contributed by atoms with Gasteiger partial charge in [0, 0.05) is 44.7 Å². The standard InChI is InChI=1S/C25H29F2N3O2/c26-19-4-2-18(3-5-19)22-17-24(23-16-20(27)6-7-21(22)23)29-12-10-28(11-13-29)8-1-9-30-14-15-32-25(30)31/h2-7,16,22,24H,1,8-15,17H2. The van der Waals surface area contributed by atoms with Crippen LogP contribution in [0.1, 0.15) is 41.5 Å². The zero-order valence-electron chi connectivity index (χ0n) is 18.2. The van der Waals surface area contributed by atoms with Gasteiger partial charge in [0.25, 0.3) is 0 Å². The second-order valence-corrected chi connectivity index (χ2v) is 8.96. The lowest BCUT2D eigenvalue weighted by Gasteiger charge is -2.38. The molecule has 2 fully saturated rings. The molecule has 0 N–H and O–H groups in total. The van der Waals surface area contributed by atoms with Crippen LogP contribution in [0.25, 0.3) is 0 Å². The number of halogens is 2. The minimum Gasteiger partial charge on any atom is -0.448 e. The molecule has 0 aromatic heterocycles. The van der Waals surface area contributed by atoms with Crippen LogP contribution in [-0.2, 0) is 4.74 Å². The van der Waals surface area contributed by atoms with Crippen molar-refractivity contribution >= 4 is 6.09 Å². The van der Waals surface area contributed by atoms with Gasteiger partial charge in [-0.05, 0) is 60.3 Å². The largest absolute Gasteiger partial charge is 0.448 e. The lowest BCUT2D eigenvalue weighted by molar-refractivity contribution is 0.0922. The van der Waals surface area contributed by atoms with E-state index in [9.17, 15) is 13.6 Å². The van der Waals surface area contributed by atoms with E-state index >= 15 is 0 Å². The van der Waals surface area contributed by atoms with Crippen LogP contribution in [0.15, 0.2) is 42.5 Å². The SMILES string of the molecule is O=C1OCCN1CCCN1CCN(C2CC(c3ccc(F)cc3)c3ccc(F)cc32)CC1. The Bertz CT molecular complexity index is 960. The molecule has 5 rings (SSSR count). The van der Waals surface area contributed by atoms with E-state index in [1.54, 1.807) is 11.0 Å². The number of fused-ring (bicyclic) bond motifs is 1. The molecule has 0 saturated carbocycles. The zero-order valence-corrected chi connectivity index (χ0v) is 18.2. The monoisotopic (exact) mass is 441 g/mol. The number of nitrogens with zero attached hydrogens (tertiary/aromatic N) is 3. The minimum absolute atomic E-state index is 0.162. The summed E-state index contributed by atoms with van der Waals surface area (Å²) in [5.74, 6) is -0.276. The van der Waals surface area contributed by atoms with Crippen LogP contribution in [0.3, 0.4) is 0 Å². The number of carbonyl (C=O) groups is 1. The van der Waals surface area contributed by atoms with Crippen molar-refractivity contribution < 1.29 is 18.3 Å². The summed E-state index contributed by atoms with van der Waals surface area (Å²) in [6, 6.07) is 12.0. The summed E-state index contributed by atoms with van der Waals surface area (Å²) in [5.41, 5.74) is 3.31. The van der Waals surface area contributed by atoms with Crippen molar-refractivity contribution in [2.75, 3.05) is 52.4 Å². The van der Waals surface area contributed by atoms with Gasteiger partial charge < -0.3 is 14.5 Å². The van der Waals surface area contributed by atoms with Crippen molar-refractivity contribution in [3.63, 3.8) is 0 Å². The first-order chi connectivity index (χ1) is 15.6. The van der Waals surface area contributed by atoms with E-state index in [1.165, 1.54) is 18.2 Å². The van der Waals surface area contributed by atoms with Gasteiger partial charge in [0.15, 0.2) is 0 Å². The van der Waals surface area contributed by atoms with Crippen LogP contribution in [0.4, 0.5) is 13.6 Å². The maximum absolute atomic E-state index is 14.1. The van der Waals surface area contributed by atoms with Crippen molar-refractivity contribution in [3.05, 3.63) is 70.8 Å². The normalized spacial score (nSPS) is 24.1. The number of rotatable bonds is 6.